The second-order valence-electron chi connectivity index (χ2n) is 4.00. The molecule has 2 aliphatic rings. The van der Waals surface area contributed by atoms with Gasteiger partial charge in [0.1, 0.15) is 6.04 Å². The van der Waals surface area contributed by atoms with Crippen LogP contribution in [0.2, 0.25) is 0 Å². The Morgan fingerprint density at radius 1 is 1.38 bits per heavy atom. The molecule has 0 aromatic heterocycles. The third kappa shape index (κ3) is 1.03. The lowest BCUT2D eigenvalue weighted by Gasteiger charge is -2.03. The van der Waals surface area contributed by atoms with Gasteiger partial charge in [0.05, 0.1) is 5.92 Å². The van der Waals surface area contributed by atoms with E-state index in [0.717, 1.165) is 0 Å². The normalized spacial score (nSPS) is 42.8. The van der Waals surface area contributed by atoms with Crippen molar-refractivity contribution in [3.8, 4) is 0 Å². The second kappa shape index (κ2) is 2.23. The Kier molecular flexibility index (Phi) is 1.46. The van der Waals surface area contributed by atoms with E-state index in [1.165, 1.54) is 0 Å². The van der Waals surface area contributed by atoms with Crippen LogP contribution >= 0.6 is 0 Å². The van der Waals surface area contributed by atoms with Gasteiger partial charge in [-0.3, -0.25) is 9.59 Å². The molecule has 2 fully saturated rings. The van der Waals surface area contributed by atoms with Crippen LogP contribution in [0.25, 0.3) is 0 Å². The predicted octanol–water partition coefficient (Wildman–Crippen LogP) is -0.491. The molecule has 0 aromatic rings. The minimum atomic E-state index is -1.03. The Morgan fingerprint density at radius 2 is 2.00 bits per heavy atom. The van der Waals surface area contributed by atoms with Gasteiger partial charge in [-0.1, -0.05) is 0 Å². The maximum Gasteiger partial charge on any atom is 0.320 e. The van der Waals surface area contributed by atoms with Crippen molar-refractivity contribution in [3.63, 3.8) is 0 Å². The average molecular weight is 185 g/mol. The van der Waals surface area contributed by atoms with Crippen LogP contribution in [0.5, 0.6) is 0 Å². The van der Waals surface area contributed by atoms with Crippen molar-refractivity contribution in [1.29, 1.82) is 0 Å². The van der Waals surface area contributed by atoms with Crippen LogP contribution < -0.4 is 5.73 Å². The van der Waals surface area contributed by atoms with E-state index in [2.05, 4.69) is 0 Å². The topological polar surface area (TPSA) is 101 Å². The molecule has 0 saturated heterocycles. The molecule has 0 radical (unpaired) electrons. The van der Waals surface area contributed by atoms with E-state index in [4.69, 9.17) is 15.9 Å². The first-order chi connectivity index (χ1) is 5.99. The Labute approximate surface area is 74.5 Å². The molecule has 2 rings (SSSR count). The van der Waals surface area contributed by atoms with Crippen LogP contribution in [0.15, 0.2) is 0 Å². The number of hydrogen-bond acceptors (Lipinski definition) is 3. The lowest BCUT2D eigenvalue weighted by atomic mass is 10.1. The van der Waals surface area contributed by atoms with E-state index in [1.54, 1.807) is 0 Å². The summed E-state index contributed by atoms with van der Waals surface area (Å²) in [7, 11) is 0. The zero-order chi connectivity index (χ0) is 9.80. The van der Waals surface area contributed by atoms with Gasteiger partial charge < -0.3 is 15.9 Å². The minimum Gasteiger partial charge on any atom is -0.481 e. The third-order valence-corrected chi connectivity index (χ3v) is 3.31. The first-order valence-corrected chi connectivity index (χ1v) is 4.20. The van der Waals surface area contributed by atoms with Gasteiger partial charge in [0, 0.05) is 0 Å². The minimum absolute atomic E-state index is 0.119. The van der Waals surface area contributed by atoms with Crippen LogP contribution in [0.1, 0.15) is 12.8 Å². The molecule has 5 nitrogen and oxygen atoms in total. The van der Waals surface area contributed by atoms with Gasteiger partial charge in [-0.2, -0.15) is 0 Å². The number of rotatable bonds is 3. The number of carboxylic acids is 2. The van der Waals surface area contributed by atoms with Gasteiger partial charge in [0.25, 0.3) is 0 Å². The smallest absolute Gasteiger partial charge is 0.320 e. The molecule has 0 heterocycles. The van der Waals surface area contributed by atoms with E-state index >= 15 is 0 Å². The highest BCUT2D eigenvalue weighted by atomic mass is 16.4. The van der Waals surface area contributed by atoms with E-state index in [9.17, 15) is 9.59 Å². The first kappa shape index (κ1) is 8.50. The maximum atomic E-state index is 10.6. The molecule has 2 aliphatic carbocycles. The molecule has 0 amide bonds. The summed E-state index contributed by atoms with van der Waals surface area (Å²) in [4.78, 5) is 21.1. The molecule has 4 atom stereocenters. The summed E-state index contributed by atoms with van der Waals surface area (Å²) in [5.74, 6) is -2.31. The van der Waals surface area contributed by atoms with Gasteiger partial charge >= 0.3 is 11.9 Å². The molecule has 72 valence electrons. The Bertz CT molecular complexity index is 290. The molecule has 4 N–H and O–H groups in total. The van der Waals surface area contributed by atoms with Gasteiger partial charge in [0.2, 0.25) is 0 Å². The van der Waals surface area contributed by atoms with Gasteiger partial charge in [-0.15, -0.1) is 0 Å². The fraction of sp³-hybridized carbons (Fsp3) is 0.750. The van der Waals surface area contributed by atoms with Crippen LogP contribution in [0, 0.1) is 17.3 Å². The summed E-state index contributed by atoms with van der Waals surface area (Å²) in [6.07, 6.45) is 1.27. The zero-order valence-electron chi connectivity index (χ0n) is 6.93. The second-order valence-corrected chi connectivity index (χ2v) is 4.00. The molecular formula is C8H11NO4. The van der Waals surface area contributed by atoms with Crippen molar-refractivity contribution in [2.24, 2.45) is 23.0 Å². The Balaban J connectivity index is 1.97. The van der Waals surface area contributed by atoms with Crippen molar-refractivity contribution < 1.29 is 19.8 Å². The van der Waals surface area contributed by atoms with Crippen LogP contribution in [0.3, 0.4) is 0 Å². The monoisotopic (exact) mass is 185 g/mol. The maximum absolute atomic E-state index is 10.6. The highest BCUT2D eigenvalue weighted by Gasteiger charge is 2.75. The summed E-state index contributed by atoms with van der Waals surface area (Å²) in [5, 5.41) is 17.3. The fourth-order valence-electron chi connectivity index (χ4n) is 2.30. The molecule has 1 spiro atoms. The number of aliphatic carboxylic acids is 2. The SMILES string of the molecule is NC(C(=O)O)C1CC12CC2C(=O)O. The van der Waals surface area contributed by atoms with Crippen molar-refractivity contribution in [3.05, 3.63) is 0 Å². The molecule has 0 aromatic carbocycles. The van der Waals surface area contributed by atoms with E-state index < -0.39 is 18.0 Å². The number of carbonyl (C=O) groups is 2. The summed E-state index contributed by atoms with van der Waals surface area (Å²) < 4.78 is 0. The molecule has 13 heavy (non-hydrogen) atoms. The van der Waals surface area contributed by atoms with Crippen LogP contribution in [0.4, 0.5) is 0 Å². The van der Waals surface area contributed by atoms with Crippen LogP contribution in [-0.2, 0) is 9.59 Å². The molecule has 0 aliphatic heterocycles. The summed E-state index contributed by atoms with van der Waals surface area (Å²) in [6.45, 7) is 0. The summed E-state index contributed by atoms with van der Waals surface area (Å²) >= 11 is 0. The highest BCUT2D eigenvalue weighted by Crippen LogP contribution is 2.75. The number of carboxylic acid groups (broad SMARTS) is 2. The van der Waals surface area contributed by atoms with Crippen molar-refractivity contribution >= 4 is 11.9 Å². The summed E-state index contributed by atoms with van der Waals surface area (Å²) in [6, 6.07) is -0.885. The van der Waals surface area contributed by atoms with Gasteiger partial charge in [0.15, 0.2) is 0 Å². The summed E-state index contributed by atoms with van der Waals surface area (Å²) in [5.41, 5.74) is 5.16. The van der Waals surface area contributed by atoms with Crippen molar-refractivity contribution in [2.75, 3.05) is 0 Å². The Morgan fingerprint density at radius 3 is 2.38 bits per heavy atom. The zero-order valence-corrected chi connectivity index (χ0v) is 6.93. The van der Waals surface area contributed by atoms with E-state index in [0.29, 0.717) is 12.8 Å². The molecule has 2 saturated carbocycles. The lowest BCUT2D eigenvalue weighted by Crippen LogP contribution is -2.33. The lowest BCUT2D eigenvalue weighted by molar-refractivity contribution is -0.141. The largest absolute Gasteiger partial charge is 0.481 e. The predicted molar refractivity (Wildman–Crippen MR) is 41.9 cm³/mol. The fourth-order valence-corrected chi connectivity index (χ4v) is 2.30. The standard InChI is InChI=1S/C8H11NO4/c9-5(7(12)13)3-1-8(3)2-4(8)6(10)11/h3-5H,1-2,9H2,(H,10,11)(H,12,13). The first-order valence-electron chi connectivity index (χ1n) is 4.20. The van der Waals surface area contributed by atoms with E-state index in [1.807, 2.05) is 0 Å². The molecule has 5 heteroatoms. The van der Waals surface area contributed by atoms with E-state index in [-0.39, 0.29) is 17.3 Å². The quantitative estimate of drug-likeness (QED) is 0.550. The van der Waals surface area contributed by atoms with Crippen molar-refractivity contribution in [2.45, 2.75) is 18.9 Å². The average Bonchev–Trinajstić information content (AvgIpc) is 2.90. The van der Waals surface area contributed by atoms with Crippen LogP contribution in [-0.4, -0.2) is 28.2 Å². The van der Waals surface area contributed by atoms with Gasteiger partial charge in [-0.25, -0.2) is 0 Å². The number of nitrogens with two attached hydrogens (primary N) is 1. The molecule has 4 unspecified atom stereocenters. The van der Waals surface area contributed by atoms with Crippen molar-refractivity contribution in [1.82, 2.24) is 0 Å². The third-order valence-electron chi connectivity index (χ3n) is 3.31. The number of hydrogen-bond donors (Lipinski definition) is 3. The highest BCUT2D eigenvalue weighted by molar-refractivity contribution is 5.79. The Hall–Kier alpha value is -1.10. The molecular weight excluding hydrogens is 174 g/mol. The molecule has 0 bridgehead atoms. The van der Waals surface area contributed by atoms with Gasteiger partial charge in [-0.05, 0) is 24.2 Å².